The predicted molar refractivity (Wildman–Crippen MR) is 56.6 cm³/mol. The fourth-order valence-electron chi connectivity index (χ4n) is 1.95. The first-order chi connectivity index (χ1) is 7.56. The molecule has 1 saturated heterocycles. The van der Waals surface area contributed by atoms with Gasteiger partial charge in [-0.1, -0.05) is 0 Å². The summed E-state index contributed by atoms with van der Waals surface area (Å²) in [4.78, 5) is 24.3. The van der Waals surface area contributed by atoms with E-state index in [1.807, 2.05) is 4.90 Å². The zero-order valence-electron chi connectivity index (χ0n) is 9.64. The Kier molecular flexibility index (Phi) is 4.70. The average Bonchev–Trinajstić information content (AvgIpc) is 2.27. The van der Waals surface area contributed by atoms with Gasteiger partial charge in [-0.3, -0.25) is 14.5 Å². The van der Waals surface area contributed by atoms with Crippen molar-refractivity contribution < 1.29 is 19.1 Å². The summed E-state index contributed by atoms with van der Waals surface area (Å²) < 4.78 is 9.25. The van der Waals surface area contributed by atoms with Gasteiger partial charge in [0.1, 0.15) is 0 Å². The Hall–Kier alpha value is -1.14. The average molecular weight is 230 g/mol. The van der Waals surface area contributed by atoms with Crippen LogP contribution in [-0.4, -0.2) is 56.7 Å². The quantitative estimate of drug-likeness (QED) is 0.625. The standard InChI is InChI=1S/C10H18N2O4/c1-15-9(13)6-12-4-7(10(14)16-2)3-8(11)5-12/h7-8H,3-6,11H2,1-2H3. The van der Waals surface area contributed by atoms with Gasteiger partial charge in [0, 0.05) is 19.1 Å². The number of hydrogen-bond acceptors (Lipinski definition) is 6. The normalized spacial score (nSPS) is 26.2. The van der Waals surface area contributed by atoms with Gasteiger partial charge in [-0.15, -0.1) is 0 Å². The summed E-state index contributed by atoms with van der Waals surface area (Å²) in [7, 11) is 2.69. The van der Waals surface area contributed by atoms with Crippen LogP contribution in [0.3, 0.4) is 0 Å². The third-order valence-electron chi connectivity index (χ3n) is 2.67. The molecule has 16 heavy (non-hydrogen) atoms. The van der Waals surface area contributed by atoms with Crippen LogP contribution in [0, 0.1) is 5.92 Å². The summed E-state index contributed by atoms with van der Waals surface area (Å²) in [5.41, 5.74) is 5.82. The van der Waals surface area contributed by atoms with Crippen molar-refractivity contribution in [2.45, 2.75) is 12.5 Å². The highest BCUT2D eigenvalue weighted by Gasteiger charge is 2.31. The number of methoxy groups -OCH3 is 2. The van der Waals surface area contributed by atoms with Crippen LogP contribution in [0.5, 0.6) is 0 Å². The smallest absolute Gasteiger partial charge is 0.319 e. The maximum absolute atomic E-state index is 11.4. The molecule has 0 amide bonds. The van der Waals surface area contributed by atoms with Crippen LogP contribution in [0.4, 0.5) is 0 Å². The van der Waals surface area contributed by atoms with Crippen molar-refractivity contribution in [2.24, 2.45) is 11.7 Å². The van der Waals surface area contributed by atoms with E-state index in [1.54, 1.807) is 0 Å². The molecule has 0 aromatic rings. The van der Waals surface area contributed by atoms with E-state index >= 15 is 0 Å². The first-order valence-corrected chi connectivity index (χ1v) is 5.19. The Labute approximate surface area is 94.7 Å². The lowest BCUT2D eigenvalue weighted by molar-refractivity contribution is -0.150. The molecule has 92 valence electrons. The largest absolute Gasteiger partial charge is 0.469 e. The molecule has 0 spiro atoms. The second kappa shape index (κ2) is 5.81. The first-order valence-electron chi connectivity index (χ1n) is 5.19. The summed E-state index contributed by atoms with van der Waals surface area (Å²) >= 11 is 0. The molecular weight excluding hydrogens is 212 g/mol. The zero-order valence-corrected chi connectivity index (χ0v) is 9.64. The maximum atomic E-state index is 11.4. The van der Waals surface area contributed by atoms with Crippen molar-refractivity contribution in [1.82, 2.24) is 4.90 Å². The molecule has 0 radical (unpaired) electrons. The van der Waals surface area contributed by atoms with E-state index in [1.165, 1.54) is 14.2 Å². The molecule has 0 aliphatic carbocycles. The lowest BCUT2D eigenvalue weighted by atomic mass is 9.95. The minimum atomic E-state index is -0.322. The van der Waals surface area contributed by atoms with Crippen LogP contribution in [-0.2, 0) is 19.1 Å². The van der Waals surface area contributed by atoms with Crippen molar-refractivity contribution in [3.8, 4) is 0 Å². The summed E-state index contributed by atoms with van der Waals surface area (Å²) in [6.45, 7) is 1.26. The number of hydrogen-bond donors (Lipinski definition) is 1. The Balaban J connectivity index is 2.53. The van der Waals surface area contributed by atoms with Crippen molar-refractivity contribution in [3.05, 3.63) is 0 Å². The lowest BCUT2D eigenvalue weighted by Crippen LogP contribution is -2.50. The van der Waals surface area contributed by atoms with Gasteiger partial charge in [0.25, 0.3) is 0 Å². The second-order valence-electron chi connectivity index (χ2n) is 3.99. The number of esters is 2. The highest BCUT2D eigenvalue weighted by atomic mass is 16.5. The van der Waals surface area contributed by atoms with Gasteiger partial charge >= 0.3 is 11.9 Å². The number of nitrogens with zero attached hydrogens (tertiary/aromatic N) is 1. The number of carbonyl (C=O) groups is 2. The minimum Gasteiger partial charge on any atom is -0.469 e. The van der Waals surface area contributed by atoms with E-state index in [0.29, 0.717) is 19.5 Å². The van der Waals surface area contributed by atoms with Crippen molar-refractivity contribution >= 4 is 11.9 Å². The predicted octanol–water partition coefficient (Wildman–Crippen LogP) is -1.02. The van der Waals surface area contributed by atoms with E-state index in [-0.39, 0.29) is 30.4 Å². The molecule has 0 aromatic carbocycles. The lowest BCUT2D eigenvalue weighted by Gasteiger charge is -2.34. The molecule has 1 heterocycles. The Morgan fingerprint density at radius 2 is 2.00 bits per heavy atom. The van der Waals surface area contributed by atoms with Crippen molar-refractivity contribution in [1.29, 1.82) is 0 Å². The molecule has 2 unspecified atom stereocenters. The van der Waals surface area contributed by atoms with Gasteiger partial charge in [-0.25, -0.2) is 0 Å². The maximum Gasteiger partial charge on any atom is 0.319 e. The van der Waals surface area contributed by atoms with E-state index in [9.17, 15) is 9.59 Å². The van der Waals surface area contributed by atoms with Crippen molar-refractivity contribution in [2.75, 3.05) is 33.9 Å². The van der Waals surface area contributed by atoms with Gasteiger partial charge in [0.15, 0.2) is 0 Å². The Morgan fingerprint density at radius 3 is 2.56 bits per heavy atom. The van der Waals surface area contributed by atoms with E-state index in [0.717, 1.165) is 0 Å². The first kappa shape index (κ1) is 12.9. The molecule has 1 rings (SSSR count). The summed E-state index contributed by atoms with van der Waals surface area (Å²) in [6, 6.07) is -0.109. The molecular formula is C10H18N2O4. The highest BCUT2D eigenvalue weighted by molar-refractivity contribution is 5.74. The molecule has 0 aromatic heterocycles. The topological polar surface area (TPSA) is 81.9 Å². The Morgan fingerprint density at radius 1 is 1.31 bits per heavy atom. The summed E-state index contributed by atoms with van der Waals surface area (Å²) in [5, 5.41) is 0. The molecule has 1 aliphatic heterocycles. The van der Waals surface area contributed by atoms with Gasteiger partial charge in [0.05, 0.1) is 26.7 Å². The third kappa shape index (κ3) is 3.46. The molecule has 6 nitrogen and oxygen atoms in total. The summed E-state index contributed by atoms with van der Waals surface area (Å²) in [6.07, 6.45) is 0.602. The Bertz CT molecular complexity index is 270. The molecule has 1 fully saturated rings. The van der Waals surface area contributed by atoms with E-state index in [4.69, 9.17) is 5.73 Å². The second-order valence-corrected chi connectivity index (χ2v) is 3.99. The number of nitrogens with two attached hydrogens (primary N) is 1. The number of piperidine rings is 1. The van der Waals surface area contributed by atoms with Crippen LogP contribution in [0.1, 0.15) is 6.42 Å². The van der Waals surface area contributed by atoms with Gasteiger partial charge in [0.2, 0.25) is 0 Å². The van der Waals surface area contributed by atoms with E-state index < -0.39 is 0 Å². The molecule has 2 atom stereocenters. The highest BCUT2D eigenvalue weighted by Crippen LogP contribution is 2.16. The number of carbonyl (C=O) groups excluding carboxylic acids is 2. The van der Waals surface area contributed by atoms with Crippen LogP contribution >= 0.6 is 0 Å². The van der Waals surface area contributed by atoms with Crippen LogP contribution in [0.25, 0.3) is 0 Å². The molecule has 0 saturated carbocycles. The number of likely N-dealkylation sites (tertiary alicyclic amines) is 1. The fourth-order valence-corrected chi connectivity index (χ4v) is 1.95. The molecule has 2 N–H and O–H groups in total. The summed E-state index contributed by atoms with van der Waals surface area (Å²) in [5.74, 6) is -0.846. The van der Waals surface area contributed by atoms with Crippen LogP contribution in [0.2, 0.25) is 0 Å². The van der Waals surface area contributed by atoms with E-state index in [2.05, 4.69) is 9.47 Å². The molecule has 0 bridgehead atoms. The third-order valence-corrected chi connectivity index (χ3v) is 2.67. The SMILES string of the molecule is COC(=O)CN1CC(N)CC(C(=O)OC)C1. The number of ether oxygens (including phenoxy) is 2. The van der Waals surface area contributed by atoms with Gasteiger partial charge < -0.3 is 15.2 Å². The zero-order chi connectivity index (χ0) is 12.1. The van der Waals surface area contributed by atoms with Crippen LogP contribution in [0.15, 0.2) is 0 Å². The number of rotatable bonds is 3. The minimum absolute atomic E-state index is 0.109. The molecule has 6 heteroatoms. The van der Waals surface area contributed by atoms with Gasteiger partial charge in [-0.05, 0) is 6.42 Å². The fraction of sp³-hybridized carbons (Fsp3) is 0.800. The monoisotopic (exact) mass is 230 g/mol. The molecule has 1 aliphatic rings. The van der Waals surface area contributed by atoms with Crippen LogP contribution < -0.4 is 5.73 Å². The van der Waals surface area contributed by atoms with Crippen molar-refractivity contribution in [3.63, 3.8) is 0 Å². The van der Waals surface area contributed by atoms with Gasteiger partial charge in [-0.2, -0.15) is 0 Å².